The number of fused-ring (bicyclic) bond motifs is 1. The third kappa shape index (κ3) is 2.60. The van der Waals surface area contributed by atoms with Crippen molar-refractivity contribution >= 4 is 32.7 Å². The Morgan fingerprint density at radius 2 is 2.10 bits per heavy atom. The van der Waals surface area contributed by atoms with Gasteiger partial charge in [0.05, 0.1) is 17.5 Å². The lowest BCUT2D eigenvalue weighted by Crippen LogP contribution is -2.39. The molecule has 2 rings (SSSR count). The second kappa shape index (κ2) is 5.12. The molecule has 2 N–H and O–H groups in total. The standard InChI is InChI=1S/C12H16N4O3S/c1-8(12(17)16(2)3)20(18,19)15-10-6-4-5-9-11(10)14-7-13-9/h4-8,15H,1-3H3,(H,13,14). The third-order valence-electron chi connectivity index (χ3n) is 2.96. The molecule has 0 aliphatic carbocycles. The predicted molar refractivity (Wildman–Crippen MR) is 76.8 cm³/mol. The molecule has 0 aliphatic rings. The van der Waals surface area contributed by atoms with Gasteiger partial charge in [-0.15, -0.1) is 0 Å². The number of sulfonamides is 1. The number of amides is 1. The number of benzene rings is 1. The van der Waals surface area contributed by atoms with Crippen LogP contribution in [0.2, 0.25) is 0 Å². The van der Waals surface area contributed by atoms with Crippen LogP contribution in [-0.2, 0) is 14.8 Å². The number of para-hydroxylation sites is 1. The first kappa shape index (κ1) is 14.3. The molecule has 108 valence electrons. The van der Waals surface area contributed by atoms with Gasteiger partial charge in [-0.3, -0.25) is 9.52 Å². The average molecular weight is 296 g/mol. The number of H-pyrrole nitrogens is 1. The van der Waals surface area contributed by atoms with Gasteiger partial charge < -0.3 is 9.88 Å². The van der Waals surface area contributed by atoms with E-state index in [1.165, 1.54) is 32.2 Å². The molecule has 0 fully saturated rings. The average Bonchev–Trinajstić information content (AvgIpc) is 2.85. The molecule has 0 saturated heterocycles. The largest absolute Gasteiger partial charge is 0.348 e. The quantitative estimate of drug-likeness (QED) is 0.871. The van der Waals surface area contributed by atoms with Crippen molar-refractivity contribution < 1.29 is 13.2 Å². The molecule has 1 amide bonds. The first-order valence-corrected chi connectivity index (χ1v) is 7.52. The second-order valence-electron chi connectivity index (χ2n) is 4.63. The van der Waals surface area contributed by atoms with E-state index in [0.29, 0.717) is 11.2 Å². The van der Waals surface area contributed by atoms with Gasteiger partial charge in [0, 0.05) is 14.1 Å². The number of nitrogens with one attached hydrogen (secondary N) is 2. The highest BCUT2D eigenvalue weighted by molar-refractivity contribution is 7.94. The van der Waals surface area contributed by atoms with E-state index >= 15 is 0 Å². The van der Waals surface area contributed by atoms with Crippen molar-refractivity contribution in [1.82, 2.24) is 14.9 Å². The number of hydrogen-bond acceptors (Lipinski definition) is 4. The minimum Gasteiger partial charge on any atom is -0.348 e. The molecule has 0 spiro atoms. The maximum absolute atomic E-state index is 12.2. The lowest BCUT2D eigenvalue weighted by molar-refractivity contribution is -0.127. The van der Waals surface area contributed by atoms with Gasteiger partial charge in [0.25, 0.3) is 0 Å². The molecule has 0 radical (unpaired) electrons. The zero-order chi connectivity index (χ0) is 14.9. The normalized spacial score (nSPS) is 13.2. The molecule has 7 nitrogen and oxygen atoms in total. The Hall–Kier alpha value is -2.09. The van der Waals surface area contributed by atoms with Crippen LogP contribution in [0.25, 0.3) is 11.0 Å². The number of rotatable bonds is 4. The van der Waals surface area contributed by atoms with E-state index in [-0.39, 0.29) is 0 Å². The summed E-state index contributed by atoms with van der Waals surface area (Å²) in [7, 11) is -0.789. The molecule has 1 unspecified atom stereocenters. The number of hydrogen-bond donors (Lipinski definition) is 2. The number of nitrogens with zero attached hydrogens (tertiary/aromatic N) is 2. The summed E-state index contributed by atoms with van der Waals surface area (Å²) >= 11 is 0. The molecule has 1 atom stereocenters. The van der Waals surface area contributed by atoms with E-state index in [9.17, 15) is 13.2 Å². The molecular formula is C12H16N4O3S. The van der Waals surface area contributed by atoms with Crippen LogP contribution in [0.1, 0.15) is 6.92 Å². The minimum atomic E-state index is -3.82. The topological polar surface area (TPSA) is 95.2 Å². The van der Waals surface area contributed by atoms with Crippen LogP contribution < -0.4 is 4.72 Å². The van der Waals surface area contributed by atoms with E-state index in [2.05, 4.69) is 14.7 Å². The molecular weight excluding hydrogens is 280 g/mol. The first-order chi connectivity index (χ1) is 9.33. The first-order valence-electron chi connectivity index (χ1n) is 5.98. The van der Waals surface area contributed by atoms with E-state index in [1.54, 1.807) is 18.2 Å². The van der Waals surface area contributed by atoms with Crippen LogP contribution in [-0.4, -0.2) is 48.5 Å². The van der Waals surface area contributed by atoms with Crippen LogP contribution in [0.3, 0.4) is 0 Å². The lowest BCUT2D eigenvalue weighted by Gasteiger charge is -2.18. The zero-order valence-electron chi connectivity index (χ0n) is 11.4. The van der Waals surface area contributed by atoms with Crippen LogP contribution in [0.15, 0.2) is 24.5 Å². The molecule has 1 heterocycles. The Morgan fingerprint density at radius 3 is 2.75 bits per heavy atom. The van der Waals surface area contributed by atoms with Crippen LogP contribution in [0.5, 0.6) is 0 Å². The molecule has 0 bridgehead atoms. The van der Waals surface area contributed by atoms with E-state index in [4.69, 9.17) is 0 Å². The zero-order valence-corrected chi connectivity index (χ0v) is 12.2. The summed E-state index contributed by atoms with van der Waals surface area (Å²) in [6.07, 6.45) is 1.48. The van der Waals surface area contributed by atoms with Gasteiger partial charge >= 0.3 is 0 Å². The van der Waals surface area contributed by atoms with E-state index in [1.807, 2.05) is 0 Å². The van der Waals surface area contributed by atoms with Crippen molar-refractivity contribution in [3.8, 4) is 0 Å². The molecule has 2 aromatic rings. The fourth-order valence-corrected chi connectivity index (χ4v) is 2.91. The maximum atomic E-state index is 12.2. The number of aromatic nitrogens is 2. The number of carbonyl (C=O) groups is 1. The van der Waals surface area contributed by atoms with Crippen LogP contribution in [0.4, 0.5) is 5.69 Å². The van der Waals surface area contributed by atoms with Crippen molar-refractivity contribution in [1.29, 1.82) is 0 Å². The fourth-order valence-electron chi connectivity index (χ4n) is 1.79. The van der Waals surface area contributed by atoms with Gasteiger partial charge in [-0.05, 0) is 19.1 Å². The summed E-state index contributed by atoms with van der Waals surface area (Å²) in [6, 6.07) is 5.10. The number of imidazole rings is 1. The van der Waals surface area contributed by atoms with Crippen molar-refractivity contribution in [2.24, 2.45) is 0 Å². The van der Waals surface area contributed by atoms with Crippen LogP contribution in [0, 0.1) is 0 Å². The Labute approximate surface area is 117 Å². The highest BCUT2D eigenvalue weighted by Gasteiger charge is 2.29. The smallest absolute Gasteiger partial charge is 0.244 e. The second-order valence-corrected chi connectivity index (χ2v) is 6.63. The molecule has 0 aliphatic heterocycles. The minimum absolute atomic E-state index is 0.349. The summed E-state index contributed by atoms with van der Waals surface area (Å²) in [5, 5.41) is -1.17. The van der Waals surface area contributed by atoms with Crippen molar-refractivity contribution in [3.63, 3.8) is 0 Å². The molecule has 1 aromatic heterocycles. The van der Waals surface area contributed by atoms with Gasteiger partial charge in [-0.1, -0.05) is 6.07 Å². The molecule has 20 heavy (non-hydrogen) atoms. The van der Waals surface area contributed by atoms with Gasteiger partial charge in [0.1, 0.15) is 5.52 Å². The number of anilines is 1. The van der Waals surface area contributed by atoms with Crippen LogP contribution >= 0.6 is 0 Å². The SMILES string of the molecule is CC(C(=O)N(C)C)S(=O)(=O)Nc1cccc2[nH]cnc12. The summed E-state index contributed by atoms with van der Waals surface area (Å²) in [6.45, 7) is 1.36. The maximum Gasteiger partial charge on any atom is 0.244 e. The molecule has 0 saturated carbocycles. The highest BCUT2D eigenvalue weighted by atomic mass is 32.2. The van der Waals surface area contributed by atoms with E-state index < -0.39 is 21.2 Å². The van der Waals surface area contributed by atoms with Gasteiger partial charge in [0.15, 0.2) is 5.25 Å². The Kier molecular flexibility index (Phi) is 3.67. The van der Waals surface area contributed by atoms with Crippen molar-refractivity contribution in [2.75, 3.05) is 18.8 Å². The summed E-state index contributed by atoms with van der Waals surface area (Å²) in [4.78, 5) is 20.0. The monoisotopic (exact) mass is 296 g/mol. The fraction of sp³-hybridized carbons (Fsp3) is 0.333. The summed E-state index contributed by atoms with van der Waals surface area (Å²) < 4.78 is 26.9. The molecule has 8 heteroatoms. The van der Waals surface area contributed by atoms with Gasteiger partial charge in [-0.25, -0.2) is 13.4 Å². The number of aromatic amines is 1. The van der Waals surface area contributed by atoms with Gasteiger partial charge in [-0.2, -0.15) is 0 Å². The summed E-state index contributed by atoms with van der Waals surface area (Å²) in [5.74, 6) is -0.480. The lowest BCUT2D eigenvalue weighted by atomic mass is 10.3. The van der Waals surface area contributed by atoms with E-state index in [0.717, 1.165) is 5.52 Å². The third-order valence-corrected chi connectivity index (χ3v) is 4.59. The van der Waals surface area contributed by atoms with Crippen molar-refractivity contribution in [2.45, 2.75) is 12.2 Å². The van der Waals surface area contributed by atoms with Crippen molar-refractivity contribution in [3.05, 3.63) is 24.5 Å². The Balaban J connectivity index is 2.33. The number of carbonyl (C=O) groups excluding carboxylic acids is 1. The highest BCUT2D eigenvalue weighted by Crippen LogP contribution is 2.22. The Bertz CT molecular complexity index is 736. The summed E-state index contributed by atoms with van der Waals surface area (Å²) in [5.41, 5.74) is 1.58. The van der Waals surface area contributed by atoms with Gasteiger partial charge in [0.2, 0.25) is 15.9 Å². The Morgan fingerprint density at radius 1 is 1.40 bits per heavy atom. The molecule has 1 aromatic carbocycles. The predicted octanol–water partition coefficient (Wildman–Crippen LogP) is 0.781.